The van der Waals surface area contributed by atoms with Crippen LogP contribution in [0.2, 0.25) is 0 Å². The summed E-state index contributed by atoms with van der Waals surface area (Å²) in [6.07, 6.45) is 0. The van der Waals surface area contributed by atoms with Crippen molar-refractivity contribution in [2.45, 2.75) is 4.90 Å². The van der Waals surface area contributed by atoms with Crippen molar-refractivity contribution >= 4 is 36.1 Å². The van der Waals surface area contributed by atoms with E-state index in [2.05, 4.69) is 22.5 Å². The van der Waals surface area contributed by atoms with Gasteiger partial charge < -0.3 is 4.72 Å². The number of nitroso groups, excluding NO2 is 1. The number of benzene rings is 1. The summed E-state index contributed by atoms with van der Waals surface area (Å²) in [6.45, 7) is 0. The molecule has 0 saturated carbocycles. The molecule has 0 saturated heterocycles. The van der Waals surface area contributed by atoms with Crippen LogP contribution in [0.1, 0.15) is 0 Å². The summed E-state index contributed by atoms with van der Waals surface area (Å²) in [7, 11) is 0. The summed E-state index contributed by atoms with van der Waals surface area (Å²) in [5, 5.41) is 7.95. The molecule has 0 heterocycles. The second-order valence-electron chi connectivity index (χ2n) is 2.01. The molecule has 0 spiro atoms. The Morgan fingerprint density at radius 1 is 1.58 bits per heavy atom. The Kier molecular flexibility index (Phi) is 3.39. The highest BCUT2D eigenvalue weighted by Crippen LogP contribution is 2.26. The van der Waals surface area contributed by atoms with Crippen LogP contribution in [0.5, 0.6) is 0 Å². The molecule has 1 rings (SSSR count). The van der Waals surface area contributed by atoms with E-state index in [9.17, 15) is 4.91 Å². The van der Waals surface area contributed by atoms with E-state index in [1.54, 1.807) is 18.2 Å². The first-order chi connectivity index (χ1) is 5.77. The van der Waals surface area contributed by atoms with Crippen molar-refractivity contribution in [1.82, 2.24) is 0 Å². The van der Waals surface area contributed by atoms with Gasteiger partial charge in [0.25, 0.3) is 0 Å². The lowest BCUT2D eigenvalue weighted by Crippen LogP contribution is -1.92. The molecule has 0 atom stereocenters. The standard InChI is InChI=1S/C6H7N3OS2/c7-12-9-5-2-1-4(8-10)3-6(5)11/h1-3,9,11H,7H2. The summed E-state index contributed by atoms with van der Waals surface area (Å²) >= 11 is 5.10. The predicted molar refractivity (Wildman–Crippen MR) is 54.6 cm³/mol. The van der Waals surface area contributed by atoms with Gasteiger partial charge in [-0.05, 0) is 23.4 Å². The van der Waals surface area contributed by atoms with Gasteiger partial charge in [-0.1, -0.05) is 0 Å². The molecular weight excluding hydrogens is 194 g/mol. The molecule has 0 aliphatic heterocycles. The van der Waals surface area contributed by atoms with E-state index in [1.807, 2.05) is 0 Å². The first kappa shape index (κ1) is 9.37. The van der Waals surface area contributed by atoms with Gasteiger partial charge in [-0.2, -0.15) is 0 Å². The lowest BCUT2D eigenvalue weighted by molar-refractivity contribution is 1.41. The summed E-state index contributed by atoms with van der Waals surface area (Å²) in [5.74, 6) is 0. The Hall–Kier alpha value is -0.720. The maximum Gasteiger partial charge on any atom is 0.109 e. The molecule has 6 heteroatoms. The quantitative estimate of drug-likeness (QED) is 0.399. The highest BCUT2D eigenvalue weighted by atomic mass is 32.2. The molecule has 0 aliphatic rings. The van der Waals surface area contributed by atoms with Crippen molar-refractivity contribution in [2.75, 3.05) is 4.72 Å². The molecule has 0 aromatic heterocycles. The zero-order valence-corrected chi connectivity index (χ0v) is 7.73. The molecule has 1 aromatic carbocycles. The highest BCUT2D eigenvalue weighted by molar-refractivity contribution is 7.98. The van der Waals surface area contributed by atoms with Crippen LogP contribution >= 0.6 is 24.8 Å². The average Bonchev–Trinajstić information content (AvgIpc) is 2.09. The number of anilines is 1. The third-order valence-electron chi connectivity index (χ3n) is 1.26. The average molecular weight is 201 g/mol. The van der Waals surface area contributed by atoms with E-state index in [0.29, 0.717) is 10.6 Å². The first-order valence-electron chi connectivity index (χ1n) is 3.06. The van der Waals surface area contributed by atoms with E-state index in [0.717, 1.165) is 17.8 Å². The fourth-order valence-corrected chi connectivity index (χ4v) is 1.37. The third-order valence-corrected chi connectivity index (χ3v) is 1.96. The first-order valence-corrected chi connectivity index (χ1v) is 4.38. The number of hydrogen-bond acceptors (Lipinski definition) is 6. The minimum Gasteiger partial charge on any atom is -0.316 e. The number of nitrogens with one attached hydrogen (secondary N) is 1. The van der Waals surface area contributed by atoms with Gasteiger partial charge in [0.2, 0.25) is 0 Å². The summed E-state index contributed by atoms with van der Waals surface area (Å²) < 4.78 is 2.80. The normalized spacial score (nSPS) is 9.50. The van der Waals surface area contributed by atoms with Crippen molar-refractivity contribution in [1.29, 1.82) is 0 Å². The second kappa shape index (κ2) is 4.34. The van der Waals surface area contributed by atoms with Crippen LogP contribution < -0.4 is 9.86 Å². The Bertz CT molecular complexity index is 292. The molecule has 0 fully saturated rings. The molecular formula is C6H7N3OS2. The Labute approximate surface area is 79.6 Å². The van der Waals surface area contributed by atoms with E-state index >= 15 is 0 Å². The van der Waals surface area contributed by atoms with Crippen LogP contribution in [0.15, 0.2) is 28.3 Å². The third kappa shape index (κ3) is 2.13. The minimum absolute atomic E-state index is 0.354. The lowest BCUT2D eigenvalue weighted by Gasteiger charge is -2.04. The largest absolute Gasteiger partial charge is 0.316 e. The molecule has 0 amide bonds. The van der Waals surface area contributed by atoms with Crippen LogP contribution in [0.25, 0.3) is 0 Å². The van der Waals surface area contributed by atoms with E-state index < -0.39 is 0 Å². The van der Waals surface area contributed by atoms with Gasteiger partial charge in [0.05, 0.1) is 5.69 Å². The van der Waals surface area contributed by atoms with Gasteiger partial charge in [-0.15, -0.1) is 17.5 Å². The smallest absolute Gasteiger partial charge is 0.109 e. The number of hydrogen-bond donors (Lipinski definition) is 3. The van der Waals surface area contributed by atoms with Crippen molar-refractivity contribution in [3.63, 3.8) is 0 Å². The molecule has 3 N–H and O–H groups in total. The molecule has 0 radical (unpaired) electrons. The van der Waals surface area contributed by atoms with Gasteiger partial charge in [0.15, 0.2) is 0 Å². The van der Waals surface area contributed by atoms with Crippen molar-refractivity contribution < 1.29 is 0 Å². The number of nitrogens with two attached hydrogens (primary N) is 1. The topological polar surface area (TPSA) is 67.5 Å². The van der Waals surface area contributed by atoms with Gasteiger partial charge in [0, 0.05) is 17.0 Å². The van der Waals surface area contributed by atoms with Crippen molar-refractivity contribution in [3.8, 4) is 0 Å². The molecule has 0 aliphatic carbocycles. The van der Waals surface area contributed by atoms with Gasteiger partial charge in [0.1, 0.15) is 5.69 Å². The Morgan fingerprint density at radius 2 is 2.33 bits per heavy atom. The monoisotopic (exact) mass is 201 g/mol. The number of nitrogens with zero attached hydrogens (tertiary/aromatic N) is 1. The Morgan fingerprint density at radius 3 is 2.83 bits per heavy atom. The summed E-state index contributed by atoms with van der Waals surface area (Å²) in [6, 6.07) is 4.85. The van der Waals surface area contributed by atoms with Crippen molar-refractivity contribution in [2.24, 2.45) is 10.3 Å². The lowest BCUT2D eigenvalue weighted by atomic mass is 10.3. The molecule has 12 heavy (non-hydrogen) atoms. The fourth-order valence-electron chi connectivity index (χ4n) is 0.727. The highest BCUT2D eigenvalue weighted by Gasteiger charge is 1.99. The summed E-state index contributed by atoms with van der Waals surface area (Å²) in [5.41, 5.74) is 1.12. The SMILES string of the molecule is NSNc1ccc(N=O)cc1S. The zero-order valence-electron chi connectivity index (χ0n) is 6.02. The van der Waals surface area contributed by atoms with E-state index in [-0.39, 0.29) is 0 Å². The minimum atomic E-state index is 0.354. The van der Waals surface area contributed by atoms with Crippen LogP contribution in [-0.4, -0.2) is 0 Å². The van der Waals surface area contributed by atoms with E-state index in [1.165, 1.54) is 0 Å². The van der Waals surface area contributed by atoms with Crippen LogP contribution in [0.3, 0.4) is 0 Å². The van der Waals surface area contributed by atoms with E-state index in [4.69, 9.17) is 5.14 Å². The van der Waals surface area contributed by atoms with Gasteiger partial charge in [-0.3, -0.25) is 5.14 Å². The van der Waals surface area contributed by atoms with Gasteiger partial charge in [-0.25, -0.2) is 0 Å². The van der Waals surface area contributed by atoms with Crippen molar-refractivity contribution in [3.05, 3.63) is 23.1 Å². The summed E-state index contributed by atoms with van der Waals surface area (Å²) in [4.78, 5) is 10.7. The predicted octanol–water partition coefficient (Wildman–Crippen LogP) is 2.31. The molecule has 0 unspecified atom stereocenters. The second-order valence-corrected chi connectivity index (χ2v) is 2.93. The maximum absolute atomic E-state index is 10.1. The fraction of sp³-hybridized carbons (Fsp3) is 0. The molecule has 64 valence electrons. The molecule has 0 bridgehead atoms. The van der Waals surface area contributed by atoms with Crippen LogP contribution in [0, 0.1) is 4.91 Å². The number of thiol groups is 1. The van der Waals surface area contributed by atoms with Crippen LogP contribution in [-0.2, 0) is 0 Å². The van der Waals surface area contributed by atoms with Crippen LogP contribution in [0.4, 0.5) is 11.4 Å². The number of rotatable bonds is 3. The Balaban J connectivity index is 2.94. The molecule has 1 aromatic rings. The molecule has 4 nitrogen and oxygen atoms in total. The van der Waals surface area contributed by atoms with Gasteiger partial charge >= 0.3 is 0 Å². The maximum atomic E-state index is 10.1. The zero-order chi connectivity index (χ0) is 8.97.